The Kier molecular flexibility index (Phi) is 5.12. The van der Waals surface area contributed by atoms with Crippen LogP contribution in [0.15, 0.2) is 36.7 Å². The van der Waals surface area contributed by atoms with Gasteiger partial charge in [0.15, 0.2) is 5.65 Å². The summed E-state index contributed by atoms with van der Waals surface area (Å²) in [7, 11) is 0. The lowest BCUT2D eigenvalue weighted by Crippen LogP contribution is -2.30. The van der Waals surface area contributed by atoms with Gasteiger partial charge in [0, 0.05) is 24.3 Å². The number of fused-ring (bicyclic) bond motifs is 1. The maximum Gasteiger partial charge on any atom is 0.471 e. The zero-order valence-corrected chi connectivity index (χ0v) is 15.3. The molecule has 3 N–H and O–H groups in total. The van der Waals surface area contributed by atoms with Gasteiger partial charge >= 0.3 is 12.1 Å². The molecule has 0 aliphatic rings. The number of anilines is 3. The first-order valence-corrected chi connectivity index (χ1v) is 8.61. The van der Waals surface area contributed by atoms with Crippen molar-refractivity contribution in [2.45, 2.75) is 20.0 Å². The third-order valence-electron chi connectivity index (χ3n) is 4.31. The van der Waals surface area contributed by atoms with Crippen LogP contribution in [-0.2, 0) is 4.79 Å². The van der Waals surface area contributed by atoms with Gasteiger partial charge in [-0.25, -0.2) is 9.97 Å². The van der Waals surface area contributed by atoms with Gasteiger partial charge in [-0.15, -0.1) is 0 Å². The number of carbonyl (C=O) groups excluding carboxylic acids is 1. The predicted molar refractivity (Wildman–Crippen MR) is 101 cm³/mol. The van der Waals surface area contributed by atoms with Crippen LogP contribution in [0.2, 0.25) is 0 Å². The summed E-state index contributed by atoms with van der Waals surface area (Å²) in [6, 6.07) is 7.68. The molecular weight excluding hydrogens is 373 g/mol. The van der Waals surface area contributed by atoms with Crippen molar-refractivity contribution in [3.8, 4) is 11.3 Å². The normalized spacial score (nSPS) is 11.6. The maximum atomic E-state index is 12.4. The topological polar surface area (TPSA) is 88.5 Å². The molecule has 1 amide bonds. The van der Waals surface area contributed by atoms with E-state index in [4.69, 9.17) is 5.73 Å². The smallest absolute Gasteiger partial charge is 0.383 e. The van der Waals surface area contributed by atoms with Gasteiger partial charge in [0.2, 0.25) is 0 Å². The summed E-state index contributed by atoms with van der Waals surface area (Å²) in [5.41, 5.74) is 8.79. The molecule has 3 aromatic rings. The van der Waals surface area contributed by atoms with Crippen molar-refractivity contribution in [3.63, 3.8) is 0 Å². The van der Waals surface area contributed by atoms with Crippen molar-refractivity contribution >= 4 is 28.9 Å². The highest BCUT2D eigenvalue weighted by Crippen LogP contribution is 2.29. The van der Waals surface area contributed by atoms with Crippen LogP contribution >= 0.6 is 0 Å². The molecule has 0 aliphatic heterocycles. The quantitative estimate of drug-likeness (QED) is 0.695. The number of aromatic nitrogens is 3. The fourth-order valence-electron chi connectivity index (χ4n) is 2.86. The Hall–Kier alpha value is -3.30. The first kappa shape index (κ1) is 19.5. The minimum atomic E-state index is -5.01. The van der Waals surface area contributed by atoms with Gasteiger partial charge in [-0.05, 0) is 26.0 Å². The lowest BCUT2D eigenvalue weighted by molar-refractivity contribution is -0.167. The number of amides is 1. The maximum absolute atomic E-state index is 12.4. The van der Waals surface area contributed by atoms with E-state index in [1.165, 1.54) is 16.8 Å². The molecule has 2 heterocycles. The van der Waals surface area contributed by atoms with Crippen molar-refractivity contribution < 1.29 is 18.0 Å². The highest BCUT2D eigenvalue weighted by Gasteiger charge is 2.39. The SMILES string of the molecule is CCN(CC)c1ccc(-c2nc3cnc(NC(=O)C(F)(F)F)cn3c2N)cc1. The van der Waals surface area contributed by atoms with Crippen LogP contribution in [0, 0.1) is 0 Å². The zero-order chi connectivity index (χ0) is 20.5. The number of imidazole rings is 1. The summed E-state index contributed by atoms with van der Waals surface area (Å²) in [6.45, 7) is 5.90. The van der Waals surface area contributed by atoms with Crippen LogP contribution in [0.3, 0.4) is 0 Å². The number of nitrogen functional groups attached to an aromatic ring is 1. The molecule has 0 spiro atoms. The third-order valence-corrected chi connectivity index (χ3v) is 4.31. The van der Waals surface area contributed by atoms with Crippen LogP contribution in [0.25, 0.3) is 16.9 Å². The molecule has 0 atom stereocenters. The second-order valence-electron chi connectivity index (χ2n) is 6.02. The van der Waals surface area contributed by atoms with E-state index in [1.807, 2.05) is 24.3 Å². The molecule has 28 heavy (non-hydrogen) atoms. The van der Waals surface area contributed by atoms with Crippen molar-refractivity contribution in [2.75, 3.05) is 29.0 Å². The monoisotopic (exact) mass is 392 g/mol. The summed E-state index contributed by atoms with van der Waals surface area (Å²) in [6.07, 6.45) is -2.56. The molecule has 0 saturated carbocycles. The molecule has 148 valence electrons. The van der Waals surface area contributed by atoms with Crippen molar-refractivity contribution in [2.24, 2.45) is 0 Å². The molecule has 0 unspecified atom stereocenters. The third kappa shape index (κ3) is 3.71. The number of halogens is 3. The average Bonchev–Trinajstić information content (AvgIpc) is 2.99. The number of nitrogens with zero attached hydrogens (tertiary/aromatic N) is 4. The molecule has 10 heteroatoms. The number of hydrogen-bond acceptors (Lipinski definition) is 5. The van der Waals surface area contributed by atoms with E-state index in [1.54, 1.807) is 5.32 Å². The van der Waals surface area contributed by atoms with Gasteiger partial charge in [-0.3, -0.25) is 9.20 Å². The lowest BCUT2D eigenvalue weighted by atomic mass is 10.1. The van der Waals surface area contributed by atoms with Gasteiger partial charge in [-0.1, -0.05) is 12.1 Å². The standard InChI is InChI=1S/C18H19F3N6O/c1-3-26(4-2)12-7-5-11(6-8-12)15-16(22)27-10-13(23-9-14(27)25-15)24-17(28)18(19,20)21/h5-10H,3-4,22H2,1-2H3,(H,24,28). The molecule has 0 saturated heterocycles. The van der Waals surface area contributed by atoms with Crippen molar-refractivity contribution in [1.29, 1.82) is 0 Å². The largest absolute Gasteiger partial charge is 0.471 e. The van der Waals surface area contributed by atoms with Crippen LogP contribution in [0.5, 0.6) is 0 Å². The number of benzene rings is 1. The Bertz CT molecular complexity index is 993. The van der Waals surface area contributed by atoms with Crippen LogP contribution < -0.4 is 16.0 Å². The number of nitrogens with two attached hydrogens (primary N) is 1. The van der Waals surface area contributed by atoms with E-state index in [9.17, 15) is 18.0 Å². The number of hydrogen-bond donors (Lipinski definition) is 2. The fourth-order valence-corrected chi connectivity index (χ4v) is 2.86. The van der Waals surface area contributed by atoms with E-state index < -0.39 is 12.1 Å². The van der Waals surface area contributed by atoms with Crippen LogP contribution in [-0.4, -0.2) is 39.5 Å². The van der Waals surface area contributed by atoms with Crippen LogP contribution in [0.1, 0.15) is 13.8 Å². The van der Waals surface area contributed by atoms with Gasteiger partial charge in [-0.2, -0.15) is 13.2 Å². The second-order valence-corrected chi connectivity index (χ2v) is 6.02. The minimum Gasteiger partial charge on any atom is -0.383 e. The van der Waals surface area contributed by atoms with Gasteiger partial charge < -0.3 is 16.0 Å². The van der Waals surface area contributed by atoms with Gasteiger partial charge in [0.05, 0.1) is 12.4 Å². The highest BCUT2D eigenvalue weighted by molar-refractivity contribution is 5.94. The Morgan fingerprint density at radius 3 is 2.43 bits per heavy atom. The molecule has 3 rings (SSSR count). The average molecular weight is 392 g/mol. The van der Waals surface area contributed by atoms with Crippen LogP contribution in [0.4, 0.5) is 30.5 Å². The molecule has 2 aromatic heterocycles. The first-order valence-electron chi connectivity index (χ1n) is 8.61. The summed E-state index contributed by atoms with van der Waals surface area (Å²) in [5, 5.41) is 1.70. The summed E-state index contributed by atoms with van der Waals surface area (Å²) >= 11 is 0. The summed E-state index contributed by atoms with van der Waals surface area (Å²) in [5.74, 6) is -2.15. The molecule has 0 radical (unpaired) electrons. The molecule has 0 fully saturated rings. The predicted octanol–water partition coefficient (Wildman–Crippen LogP) is 3.33. The minimum absolute atomic E-state index is 0.232. The van der Waals surface area contributed by atoms with E-state index in [-0.39, 0.29) is 11.6 Å². The van der Waals surface area contributed by atoms with Gasteiger partial charge in [0.1, 0.15) is 17.3 Å². The van der Waals surface area contributed by atoms with Crippen molar-refractivity contribution in [3.05, 3.63) is 36.7 Å². The second kappa shape index (κ2) is 7.37. The Balaban J connectivity index is 1.93. The molecular formula is C18H19F3N6O. The lowest BCUT2D eigenvalue weighted by Gasteiger charge is -2.21. The highest BCUT2D eigenvalue weighted by atomic mass is 19.4. The van der Waals surface area contributed by atoms with E-state index in [0.29, 0.717) is 11.3 Å². The number of carbonyl (C=O) groups is 1. The molecule has 1 aromatic carbocycles. The van der Waals surface area contributed by atoms with Crippen molar-refractivity contribution in [1.82, 2.24) is 14.4 Å². The summed E-state index contributed by atoms with van der Waals surface area (Å²) < 4.78 is 38.6. The summed E-state index contributed by atoms with van der Waals surface area (Å²) in [4.78, 5) is 21.5. The Morgan fingerprint density at radius 1 is 1.21 bits per heavy atom. The Morgan fingerprint density at radius 2 is 1.86 bits per heavy atom. The van der Waals surface area contributed by atoms with Gasteiger partial charge in [0.25, 0.3) is 0 Å². The van der Waals surface area contributed by atoms with E-state index in [0.717, 1.165) is 24.3 Å². The first-order chi connectivity index (χ1) is 13.2. The molecule has 0 aliphatic carbocycles. The molecule has 0 bridgehead atoms. The van der Waals surface area contributed by atoms with E-state index >= 15 is 0 Å². The van der Waals surface area contributed by atoms with E-state index in [2.05, 4.69) is 28.7 Å². The molecule has 7 nitrogen and oxygen atoms in total. The number of alkyl halides is 3. The Labute approximate surface area is 159 Å². The zero-order valence-electron chi connectivity index (χ0n) is 15.3. The fraction of sp³-hybridized carbons (Fsp3) is 0.278. The number of rotatable bonds is 5. The number of nitrogens with one attached hydrogen (secondary N) is 1.